The van der Waals surface area contributed by atoms with Crippen LogP contribution in [0.25, 0.3) is 21.9 Å². The highest BCUT2D eigenvalue weighted by molar-refractivity contribution is 6.30. The number of fused-ring (bicyclic) bond motifs is 2. The third kappa shape index (κ3) is 3.36. The molecule has 160 valence electrons. The fourth-order valence-electron chi connectivity index (χ4n) is 3.76. The molecule has 0 saturated heterocycles. The van der Waals surface area contributed by atoms with Gasteiger partial charge in [-0.2, -0.15) is 4.98 Å². The Morgan fingerprint density at radius 1 is 0.906 bits per heavy atom. The highest BCUT2D eigenvalue weighted by atomic mass is 35.5. The topological polar surface area (TPSA) is 71.1 Å². The number of ether oxygens (including phenoxy) is 1. The molecule has 0 N–H and O–H groups in total. The molecule has 0 aliphatic heterocycles. The van der Waals surface area contributed by atoms with Crippen LogP contribution in [0.1, 0.15) is 5.56 Å². The van der Waals surface area contributed by atoms with E-state index in [4.69, 9.17) is 16.3 Å². The van der Waals surface area contributed by atoms with E-state index in [0.717, 1.165) is 16.3 Å². The first-order valence-corrected chi connectivity index (χ1v) is 10.4. The molecule has 0 bridgehead atoms. The van der Waals surface area contributed by atoms with Gasteiger partial charge in [0, 0.05) is 19.1 Å². The van der Waals surface area contributed by atoms with Crippen molar-refractivity contribution in [1.29, 1.82) is 0 Å². The van der Waals surface area contributed by atoms with E-state index in [1.54, 1.807) is 42.9 Å². The SMILES string of the molecule is Cn1c(Oc2ccc3ccccc3c2)nc2c1c(=O)n(Cc1ccc(Cl)cc1)c(=O)n2C. The van der Waals surface area contributed by atoms with E-state index in [1.165, 1.54) is 9.13 Å². The van der Waals surface area contributed by atoms with Crippen molar-refractivity contribution in [3.05, 3.63) is 98.2 Å². The maximum Gasteiger partial charge on any atom is 0.332 e. The van der Waals surface area contributed by atoms with Crippen LogP contribution in [0.4, 0.5) is 0 Å². The molecule has 5 aromatic rings. The van der Waals surface area contributed by atoms with Crippen molar-refractivity contribution < 1.29 is 4.74 Å². The minimum Gasteiger partial charge on any atom is -0.425 e. The lowest BCUT2D eigenvalue weighted by Gasteiger charge is -2.09. The number of imidazole rings is 1. The van der Waals surface area contributed by atoms with Crippen molar-refractivity contribution in [1.82, 2.24) is 18.7 Å². The smallest absolute Gasteiger partial charge is 0.332 e. The van der Waals surface area contributed by atoms with Gasteiger partial charge in [0.1, 0.15) is 5.75 Å². The number of hydrogen-bond donors (Lipinski definition) is 0. The maximum atomic E-state index is 13.2. The molecule has 0 spiro atoms. The van der Waals surface area contributed by atoms with E-state index >= 15 is 0 Å². The first-order valence-electron chi connectivity index (χ1n) is 10.00. The van der Waals surface area contributed by atoms with E-state index in [1.807, 2.05) is 42.5 Å². The van der Waals surface area contributed by atoms with Crippen LogP contribution in [-0.2, 0) is 20.6 Å². The molecule has 0 radical (unpaired) electrons. The van der Waals surface area contributed by atoms with Crippen LogP contribution >= 0.6 is 11.6 Å². The minimum atomic E-state index is -0.451. The number of rotatable bonds is 4. The number of nitrogens with zero attached hydrogens (tertiary/aromatic N) is 4. The monoisotopic (exact) mass is 446 g/mol. The summed E-state index contributed by atoms with van der Waals surface area (Å²) >= 11 is 5.94. The van der Waals surface area contributed by atoms with Gasteiger partial charge in [0.25, 0.3) is 5.56 Å². The van der Waals surface area contributed by atoms with E-state index in [9.17, 15) is 9.59 Å². The average molecular weight is 447 g/mol. The molecule has 0 aliphatic rings. The standard InChI is InChI=1S/C24H19ClN4O3/c1-27-20-21(26-23(27)32-19-12-9-16-5-3-4-6-17(16)13-19)28(2)24(31)29(22(20)30)14-15-7-10-18(25)11-8-15/h3-13H,14H2,1-2H3. The lowest BCUT2D eigenvalue weighted by molar-refractivity contribution is 0.428. The van der Waals surface area contributed by atoms with Gasteiger partial charge in [-0.1, -0.05) is 54.1 Å². The molecule has 3 aromatic carbocycles. The predicted octanol–water partition coefficient (Wildman–Crippen LogP) is 4.08. The molecular formula is C24H19ClN4O3. The fraction of sp³-hybridized carbons (Fsp3) is 0.125. The lowest BCUT2D eigenvalue weighted by atomic mass is 10.1. The molecule has 0 aliphatic carbocycles. The Morgan fingerprint density at radius 3 is 2.38 bits per heavy atom. The molecule has 2 heterocycles. The summed E-state index contributed by atoms with van der Waals surface area (Å²) in [5, 5.41) is 2.71. The van der Waals surface area contributed by atoms with Crippen LogP contribution in [0, 0.1) is 0 Å². The number of benzene rings is 3. The number of aryl methyl sites for hydroxylation is 2. The van der Waals surface area contributed by atoms with Crippen molar-refractivity contribution in [3.63, 3.8) is 0 Å². The third-order valence-corrected chi connectivity index (χ3v) is 5.75. The van der Waals surface area contributed by atoms with Crippen LogP contribution < -0.4 is 16.0 Å². The lowest BCUT2D eigenvalue weighted by Crippen LogP contribution is -2.39. The Bertz CT molecular complexity index is 1600. The Morgan fingerprint density at radius 2 is 1.62 bits per heavy atom. The van der Waals surface area contributed by atoms with Gasteiger partial charge in [0.2, 0.25) is 0 Å². The minimum absolute atomic E-state index is 0.130. The highest BCUT2D eigenvalue weighted by Crippen LogP contribution is 2.26. The molecule has 0 fully saturated rings. The van der Waals surface area contributed by atoms with Gasteiger partial charge in [-0.25, -0.2) is 4.79 Å². The molecule has 32 heavy (non-hydrogen) atoms. The van der Waals surface area contributed by atoms with Gasteiger partial charge in [-0.3, -0.25) is 18.5 Å². The van der Waals surface area contributed by atoms with E-state index in [2.05, 4.69) is 4.98 Å². The zero-order valence-electron chi connectivity index (χ0n) is 17.4. The Balaban J connectivity index is 1.60. The summed E-state index contributed by atoms with van der Waals surface area (Å²) in [6, 6.07) is 20.9. The summed E-state index contributed by atoms with van der Waals surface area (Å²) in [5.41, 5.74) is 0.472. The molecule has 8 heteroatoms. The van der Waals surface area contributed by atoms with Gasteiger partial charge in [0.05, 0.1) is 6.54 Å². The number of hydrogen-bond acceptors (Lipinski definition) is 4. The predicted molar refractivity (Wildman–Crippen MR) is 125 cm³/mol. The zero-order valence-corrected chi connectivity index (χ0v) is 18.2. The van der Waals surface area contributed by atoms with Crippen molar-refractivity contribution >= 4 is 33.5 Å². The molecule has 0 amide bonds. The molecule has 0 unspecified atom stereocenters. The zero-order chi connectivity index (χ0) is 22.4. The van der Waals surface area contributed by atoms with Crippen LogP contribution in [0.2, 0.25) is 5.02 Å². The second kappa shape index (κ2) is 7.69. The summed E-state index contributed by atoms with van der Waals surface area (Å²) in [6.45, 7) is 0.130. The first kappa shape index (κ1) is 20.1. The second-order valence-corrected chi connectivity index (χ2v) is 8.03. The normalized spacial score (nSPS) is 11.3. The molecule has 0 saturated carbocycles. The van der Waals surface area contributed by atoms with Crippen molar-refractivity contribution in [2.45, 2.75) is 6.54 Å². The van der Waals surface area contributed by atoms with Crippen molar-refractivity contribution in [2.24, 2.45) is 14.1 Å². The third-order valence-electron chi connectivity index (χ3n) is 5.50. The van der Waals surface area contributed by atoms with Gasteiger partial charge < -0.3 is 4.74 Å². The van der Waals surface area contributed by atoms with E-state index < -0.39 is 11.2 Å². The van der Waals surface area contributed by atoms with Crippen molar-refractivity contribution in [2.75, 3.05) is 0 Å². The summed E-state index contributed by atoms with van der Waals surface area (Å²) < 4.78 is 10.1. The van der Waals surface area contributed by atoms with Crippen LogP contribution in [0.3, 0.4) is 0 Å². The Hall–Kier alpha value is -3.84. The van der Waals surface area contributed by atoms with Gasteiger partial charge in [0.15, 0.2) is 11.2 Å². The molecule has 2 aromatic heterocycles. The van der Waals surface area contributed by atoms with Crippen LogP contribution in [-0.4, -0.2) is 18.7 Å². The summed E-state index contributed by atoms with van der Waals surface area (Å²) in [4.78, 5) is 30.6. The Kier molecular flexibility index (Phi) is 4.83. The summed E-state index contributed by atoms with van der Waals surface area (Å²) in [5.74, 6) is 0.591. The second-order valence-electron chi connectivity index (χ2n) is 7.60. The number of aromatic nitrogens is 4. The summed E-state index contributed by atoms with van der Waals surface area (Å²) in [6.07, 6.45) is 0. The molecule has 5 rings (SSSR count). The molecule has 7 nitrogen and oxygen atoms in total. The Labute approximate surface area is 187 Å². The van der Waals surface area contributed by atoms with E-state index in [0.29, 0.717) is 10.8 Å². The maximum absolute atomic E-state index is 13.2. The van der Waals surface area contributed by atoms with Crippen LogP contribution in [0.15, 0.2) is 76.3 Å². The van der Waals surface area contributed by atoms with Crippen molar-refractivity contribution in [3.8, 4) is 11.8 Å². The van der Waals surface area contributed by atoms with Gasteiger partial charge in [-0.05, 0) is 40.6 Å². The average Bonchev–Trinajstić information content (AvgIpc) is 3.12. The fourth-order valence-corrected chi connectivity index (χ4v) is 3.89. The van der Waals surface area contributed by atoms with Gasteiger partial charge >= 0.3 is 11.7 Å². The quantitative estimate of drug-likeness (QED) is 0.417. The van der Waals surface area contributed by atoms with Crippen LogP contribution in [0.5, 0.6) is 11.8 Å². The first-order chi connectivity index (χ1) is 15.4. The van der Waals surface area contributed by atoms with E-state index in [-0.39, 0.29) is 23.7 Å². The largest absolute Gasteiger partial charge is 0.425 e. The molecular weight excluding hydrogens is 428 g/mol. The van der Waals surface area contributed by atoms with Gasteiger partial charge in [-0.15, -0.1) is 0 Å². The summed E-state index contributed by atoms with van der Waals surface area (Å²) in [7, 11) is 3.29. The highest BCUT2D eigenvalue weighted by Gasteiger charge is 2.20. The number of halogens is 1. The molecule has 0 atom stereocenters.